The van der Waals surface area contributed by atoms with Crippen molar-refractivity contribution in [3.8, 4) is 0 Å². The van der Waals surface area contributed by atoms with Crippen LogP contribution in [0.25, 0.3) is 0 Å². The zero-order valence-corrected chi connectivity index (χ0v) is 6.08. The molecule has 0 aromatic carbocycles. The van der Waals surface area contributed by atoms with E-state index in [-0.39, 0.29) is 15.3 Å². The summed E-state index contributed by atoms with van der Waals surface area (Å²) in [6.45, 7) is 0. The van der Waals surface area contributed by atoms with E-state index in [1.807, 2.05) is 0 Å². The van der Waals surface area contributed by atoms with Gasteiger partial charge in [-0.2, -0.15) is 0 Å². The van der Waals surface area contributed by atoms with Crippen LogP contribution in [0.15, 0.2) is 0 Å². The lowest BCUT2D eigenvalue weighted by Gasteiger charge is -1.84. The number of halogens is 1. The summed E-state index contributed by atoms with van der Waals surface area (Å²) in [7, 11) is 0. The summed E-state index contributed by atoms with van der Waals surface area (Å²) >= 11 is 3.92. The smallest absolute Gasteiger partial charge is 0.285 e. The molecule has 1 heterocycles. The first-order valence-corrected chi connectivity index (χ1v) is 3.65. The topological polar surface area (TPSA) is 46.2 Å². The van der Waals surface area contributed by atoms with E-state index in [9.17, 15) is 9.59 Å². The summed E-state index contributed by atoms with van der Waals surface area (Å²) in [5.74, 6) is -0.264. The first-order chi connectivity index (χ1) is 3.70. The highest BCUT2D eigenvalue weighted by Crippen LogP contribution is 2.23. The van der Waals surface area contributed by atoms with Crippen molar-refractivity contribution in [3.05, 3.63) is 0 Å². The second kappa shape index (κ2) is 2.06. The third kappa shape index (κ3) is 1.03. The lowest BCUT2D eigenvalue weighted by atomic mass is 10.7. The van der Waals surface area contributed by atoms with Gasteiger partial charge >= 0.3 is 0 Å². The van der Waals surface area contributed by atoms with Crippen molar-refractivity contribution >= 4 is 38.8 Å². The Kier molecular flexibility index (Phi) is 1.57. The summed E-state index contributed by atoms with van der Waals surface area (Å²) < 4.78 is -0.380. The molecule has 0 aromatic rings. The molecule has 0 radical (unpaired) electrons. The van der Waals surface area contributed by atoms with E-state index in [1.54, 1.807) is 0 Å². The molecule has 0 bridgehead atoms. The maximum atomic E-state index is 10.4. The molecule has 3 nitrogen and oxygen atoms in total. The molecule has 8 heavy (non-hydrogen) atoms. The third-order valence-electron chi connectivity index (χ3n) is 0.642. The highest BCUT2D eigenvalue weighted by atomic mass is 79.9. The fourth-order valence-corrected chi connectivity index (χ4v) is 1.47. The highest BCUT2D eigenvalue weighted by Gasteiger charge is 2.28. The number of hydrogen-bond donors (Lipinski definition) is 1. The number of hydrogen-bond acceptors (Lipinski definition) is 3. The van der Waals surface area contributed by atoms with Crippen LogP contribution >= 0.6 is 27.7 Å². The molecule has 0 saturated carbocycles. The molecule has 0 unspecified atom stereocenters. The Morgan fingerprint density at radius 1 is 1.62 bits per heavy atom. The van der Waals surface area contributed by atoms with Crippen molar-refractivity contribution in [1.29, 1.82) is 0 Å². The number of amides is 2. The monoisotopic (exact) mass is 195 g/mol. The normalized spacial score (nSPS) is 28.4. The quantitative estimate of drug-likeness (QED) is 0.579. The van der Waals surface area contributed by atoms with E-state index in [0.29, 0.717) is 0 Å². The maximum Gasteiger partial charge on any atom is 0.287 e. The van der Waals surface area contributed by atoms with E-state index < -0.39 is 0 Å². The number of carbonyl (C=O) groups excluding carboxylic acids is 2. The van der Waals surface area contributed by atoms with E-state index in [2.05, 4.69) is 21.2 Å². The SMILES string of the molecule is O=C1NC(=O)[C@H](Br)S1. The fourth-order valence-electron chi connectivity index (χ4n) is 0.334. The highest BCUT2D eigenvalue weighted by molar-refractivity contribution is 9.12. The van der Waals surface area contributed by atoms with E-state index in [0.717, 1.165) is 11.8 Å². The van der Waals surface area contributed by atoms with Crippen molar-refractivity contribution in [1.82, 2.24) is 5.32 Å². The molecule has 1 atom stereocenters. The van der Waals surface area contributed by atoms with Gasteiger partial charge in [0.1, 0.15) is 4.16 Å². The van der Waals surface area contributed by atoms with Crippen LogP contribution < -0.4 is 5.32 Å². The lowest BCUT2D eigenvalue weighted by Crippen LogP contribution is -2.20. The first-order valence-electron chi connectivity index (χ1n) is 1.85. The van der Waals surface area contributed by atoms with Crippen LogP contribution in [0.5, 0.6) is 0 Å². The number of alkyl halides is 1. The number of imide groups is 1. The second-order valence-electron chi connectivity index (χ2n) is 1.21. The van der Waals surface area contributed by atoms with Gasteiger partial charge in [0.05, 0.1) is 0 Å². The molecule has 1 aliphatic rings. The van der Waals surface area contributed by atoms with Crippen LogP contribution in [0, 0.1) is 0 Å². The van der Waals surface area contributed by atoms with E-state index in [4.69, 9.17) is 0 Å². The molecule has 1 saturated heterocycles. The molecule has 1 N–H and O–H groups in total. The zero-order chi connectivity index (χ0) is 6.15. The van der Waals surface area contributed by atoms with Crippen LogP contribution in [0.3, 0.4) is 0 Å². The number of rotatable bonds is 0. The maximum absolute atomic E-state index is 10.4. The number of nitrogens with one attached hydrogen (secondary N) is 1. The van der Waals surface area contributed by atoms with Crippen molar-refractivity contribution in [2.45, 2.75) is 4.16 Å². The molecule has 1 rings (SSSR count). The minimum atomic E-state index is -0.380. The molecule has 44 valence electrons. The standard InChI is InChI=1S/C3H2BrNO2S/c4-1-2(6)5-3(7)8-1/h1H,(H,5,6,7)/t1-/m1/s1. The molecule has 0 aromatic heterocycles. The Bertz CT molecular complexity index is 148. The molecule has 1 aliphatic heterocycles. The van der Waals surface area contributed by atoms with Gasteiger partial charge in [-0.25, -0.2) is 0 Å². The number of carbonyl (C=O) groups is 2. The Balaban J connectivity index is 2.64. The zero-order valence-electron chi connectivity index (χ0n) is 3.68. The Hall–Kier alpha value is -0.0300. The van der Waals surface area contributed by atoms with Gasteiger partial charge in [0.2, 0.25) is 0 Å². The average Bonchev–Trinajstić information content (AvgIpc) is 1.85. The van der Waals surface area contributed by atoms with Crippen molar-refractivity contribution in [3.63, 3.8) is 0 Å². The molecule has 5 heteroatoms. The fraction of sp³-hybridized carbons (Fsp3) is 0.333. The van der Waals surface area contributed by atoms with Gasteiger partial charge in [-0.1, -0.05) is 15.9 Å². The van der Waals surface area contributed by atoms with Gasteiger partial charge in [0, 0.05) is 0 Å². The molecule has 0 aliphatic carbocycles. The van der Waals surface area contributed by atoms with E-state index in [1.165, 1.54) is 0 Å². The van der Waals surface area contributed by atoms with Crippen molar-refractivity contribution in [2.75, 3.05) is 0 Å². The summed E-state index contributed by atoms with van der Waals surface area (Å²) in [6.07, 6.45) is 0. The average molecular weight is 196 g/mol. The molecular formula is C3H2BrNO2S. The Morgan fingerprint density at radius 3 is 2.38 bits per heavy atom. The predicted octanol–water partition coefficient (Wildman–Crippen LogP) is 0.690. The van der Waals surface area contributed by atoms with Gasteiger partial charge < -0.3 is 0 Å². The molecular weight excluding hydrogens is 194 g/mol. The largest absolute Gasteiger partial charge is 0.287 e. The van der Waals surface area contributed by atoms with Crippen LogP contribution in [0.1, 0.15) is 0 Å². The van der Waals surface area contributed by atoms with Gasteiger partial charge in [-0.05, 0) is 11.8 Å². The second-order valence-corrected chi connectivity index (χ2v) is 3.81. The van der Waals surface area contributed by atoms with Gasteiger partial charge in [0.15, 0.2) is 0 Å². The number of thioether (sulfide) groups is 1. The Morgan fingerprint density at radius 2 is 2.25 bits per heavy atom. The van der Waals surface area contributed by atoms with Crippen LogP contribution in [-0.4, -0.2) is 15.3 Å². The van der Waals surface area contributed by atoms with Gasteiger partial charge in [-0.15, -0.1) is 0 Å². The summed E-state index contributed by atoms with van der Waals surface area (Å²) in [6, 6.07) is 0. The van der Waals surface area contributed by atoms with Crippen molar-refractivity contribution in [2.24, 2.45) is 0 Å². The lowest BCUT2D eigenvalue weighted by molar-refractivity contribution is -0.117. The summed E-state index contributed by atoms with van der Waals surface area (Å²) in [4.78, 5) is 20.6. The van der Waals surface area contributed by atoms with E-state index >= 15 is 0 Å². The van der Waals surface area contributed by atoms with Crippen LogP contribution in [0.4, 0.5) is 4.79 Å². The van der Waals surface area contributed by atoms with Crippen LogP contribution in [-0.2, 0) is 4.79 Å². The summed E-state index contributed by atoms with van der Waals surface area (Å²) in [5, 5.41) is 1.82. The van der Waals surface area contributed by atoms with Gasteiger partial charge in [0.25, 0.3) is 11.1 Å². The summed E-state index contributed by atoms with van der Waals surface area (Å²) in [5.41, 5.74) is 0. The third-order valence-corrected chi connectivity index (χ3v) is 2.36. The molecule has 0 spiro atoms. The van der Waals surface area contributed by atoms with Crippen molar-refractivity contribution < 1.29 is 9.59 Å². The first kappa shape index (κ1) is 6.10. The van der Waals surface area contributed by atoms with Crippen LogP contribution in [0.2, 0.25) is 0 Å². The predicted molar refractivity (Wildman–Crippen MR) is 33.8 cm³/mol. The minimum Gasteiger partial charge on any atom is -0.285 e. The van der Waals surface area contributed by atoms with Gasteiger partial charge in [-0.3, -0.25) is 14.9 Å². The molecule has 1 fully saturated rings. The minimum absolute atomic E-state index is 0.264. The molecule has 2 amide bonds. The Labute approximate surface area is 58.3 Å².